The number of hydrogen-bond donors (Lipinski definition) is 2. The van der Waals surface area contributed by atoms with Crippen LogP contribution in [0.2, 0.25) is 0 Å². The molecule has 0 unspecified atom stereocenters. The second-order valence-corrected chi connectivity index (χ2v) is 7.71. The predicted octanol–water partition coefficient (Wildman–Crippen LogP) is 3.67. The van der Waals surface area contributed by atoms with Crippen molar-refractivity contribution in [3.8, 4) is 11.5 Å². The van der Waals surface area contributed by atoms with Gasteiger partial charge in [0, 0.05) is 36.7 Å². The van der Waals surface area contributed by atoms with Gasteiger partial charge in [0.1, 0.15) is 0 Å². The molecule has 1 aliphatic heterocycles. The molecule has 1 aliphatic carbocycles. The highest BCUT2D eigenvalue weighted by Crippen LogP contribution is 2.48. The molecule has 2 N–H and O–H groups in total. The molecule has 1 saturated heterocycles. The zero-order valence-electron chi connectivity index (χ0n) is 12.7. The van der Waals surface area contributed by atoms with Gasteiger partial charge >= 0.3 is 0 Å². The summed E-state index contributed by atoms with van der Waals surface area (Å²) in [6, 6.07) is 2.36. The number of rotatable bonds is 5. The summed E-state index contributed by atoms with van der Waals surface area (Å²) in [7, 11) is 1.60. The molecular formula is C16H22Br2N2O2. The summed E-state index contributed by atoms with van der Waals surface area (Å²) < 4.78 is 6.97. The van der Waals surface area contributed by atoms with E-state index in [1.165, 1.54) is 24.8 Å². The minimum absolute atomic E-state index is 0.156. The summed E-state index contributed by atoms with van der Waals surface area (Å²) in [5.74, 6) is 1.52. The Hall–Kier alpha value is -0.300. The van der Waals surface area contributed by atoms with E-state index in [0.29, 0.717) is 16.3 Å². The van der Waals surface area contributed by atoms with E-state index in [0.717, 1.165) is 36.6 Å². The first kappa shape index (κ1) is 16.6. The lowest BCUT2D eigenvalue weighted by atomic mass is 9.98. The predicted molar refractivity (Wildman–Crippen MR) is 94.6 cm³/mol. The SMILES string of the molecule is COc1cc([C@H](CC2CC2)N2CCNCC2)c(Br)c(Br)c1O. The fraction of sp³-hybridized carbons (Fsp3) is 0.625. The minimum Gasteiger partial charge on any atom is -0.503 e. The van der Waals surface area contributed by atoms with E-state index >= 15 is 0 Å². The van der Waals surface area contributed by atoms with E-state index in [-0.39, 0.29) is 5.75 Å². The molecule has 0 bridgehead atoms. The second-order valence-electron chi connectivity index (χ2n) is 6.13. The Bertz CT molecular complexity index is 543. The Morgan fingerprint density at radius 3 is 2.59 bits per heavy atom. The van der Waals surface area contributed by atoms with Crippen LogP contribution in [0.25, 0.3) is 0 Å². The minimum atomic E-state index is 0.156. The summed E-state index contributed by atoms with van der Waals surface area (Å²) in [6.45, 7) is 4.19. The van der Waals surface area contributed by atoms with Crippen LogP contribution < -0.4 is 10.1 Å². The van der Waals surface area contributed by atoms with Gasteiger partial charge in [0.2, 0.25) is 0 Å². The molecule has 6 heteroatoms. The van der Waals surface area contributed by atoms with Gasteiger partial charge in [0.05, 0.1) is 11.6 Å². The van der Waals surface area contributed by atoms with Gasteiger partial charge in [-0.05, 0) is 55.8 Å². The molecule has 22 heavy (non-hydrogen) atoms. The summed E-state index contributed by atoms with van der Waals surface area (Å²) in [5, 5.41) is 13.6. The van der Waals surface area contributed by atoms with Crippen molar-refractivity contribution >= 4 is 31.9 Å². The monoisotopic (exact) mass is 432 g/mol. The maximum absolute atomic E-state index is 10.2. The first-order valence-corrected chi connectivity index (χ1v) is 9.40. The first-order valence-electron chi connectivity index (χ1n) is 7.81. The normalized spacial score (nSPS) is 20.9. The maximum atomic E-state index is 10.2. The van der Waals surface area contributed by atoms with Gasteiger partial charge in [0.15, 0.2) is 11.5 Å². The smallest absolute Gasteiger partial charge is 0.173 e. The summed E-state index contributed by atoms with van der Waals surface area (Å²) >= 11 is 7.16. The van der Waals surface area contributed by atoms with Crippen LogP contribution in [0.5, 0.6) is 11.5 Å². The van der Waals surface area contributed by atoms with Gasteiger partial charge in [-0.3, -0.25) is 4.90 Å². The van der Waals surface area contributed by atoms with Crippen molar-refractivity contribution in [1.29, 1.82) is 0 Å². The van der Waals surface area contributed by atoms with Gasteiger partial charge in [-0.1, -0.05) is 12.8 Å². The number of phenols is 1. The Labute approximate surface area is 148 Å². The molecule has 0 radical (unpaired) electrons. The maximum Gasteiger partial charge on any atom is 0.173 e. The lowest BCUT2D eigenvalue weighted by Gasteiger charge is -2.36. The molecule has 122 valence electrons. The average Bonchev–Trinajstić information content (AvgIpc) is 3.36. The molecule has 2 aliphatic rings. The van der Waals surface area contributed by atoms with Crippen molar-refractivity contribution in [3.63, 3.8) is 0 Å². The number of hydrogen-bond acceptors (Lipinski definition) is 4. The number of methoxy groups -OCH3 is 1. The van der Waals surface area contributed by atoms with Crippen LogP contribution in [-0.4, -0.2) is 43.3 Å². The molecule has 0 spiro atoms. The third kappa shape index (κ3) is 3.45. The quantitative estimate of drug-likeness (QED) is 0.743. The number of ether oxygens (including phenoxy) is 1. The standard InChI is InChI=1S/C16H22Br2N2O2/c1-22-13-9-11(14(17)15(18)16(13)21)12(8-10-2-3-10)20-6-4-19-5-7-20/h9-10,12,19,21H,2-8H2,1H3/t12-/m0/s1. The first-order chi connectivity index (χ1) is 10.6. The number of phenolic OH excluding ortho intramolecular Hbond substituents is 1. The van der Waals surface area contributed by atoms with Gasteiger partial charge in [-0.15, -0.1) is 0 Å². The number of nitrogens with zero attached hydrogens (tertiary/aromatic N) is 1. The zero-order chi connectivity index (χ0) is 15.7. The van der Waals surface area contributed by atoms with Crippen LogP contribution in [-0.2, 0) is 0 Å². The molecule has 1 saturated carbocycles. The van der Waals surface area contributed by atoms with Crippen molar-refractivity contribution in [3.05, 3.63) is 20.6 Å². The summed E-state index contributed by atoms with van der Waals surface area (Å²) in [6.07, 6.45) is 3.87. The fourth-order valence-corrected chi connectivity index (χ4v) is 4.14. The molecule has 0 amide bonds. The van der Waals surface area contributed by atoms with Crippen molar-refractivity contribution in [2.45, 2.75) is 25.3 Å². The van der Waals surface area contributed by atoms with Gasteiger partial charge < -0.3 is 15.2 Å². The van der Waals surface area contributed by atoms with Crippen molar-refractivity contribution in [2.24, 2.45) is 5.92 Å². The lowest BCUT2D eigenvalue weighted by Crippen LogP contribution is -2.45. The summed E-state index contributed by atoms with van der Waals surface area (Å²) in [4.78, 5) is 2.55. The molecule has 4 nitrogen and oxygen atoms in total. The van der Waals surface area contributed by atoms with Crippen molar-refractivity contribution in [1.82, 2.24) is 10.2 Å². The number of aromatic hydroxyl groups is 1. The molecule has 1 aromatic rings. The Kier molecular flexibility index (Phi) is 5.32. The number of benzene rings is 1. The van der Waals surface area contributed by atoms with Gasteiger partial charge in [0.25, 0.3) is 0 Å². The fourth-order valence-electron chi connectivity index (χ4n) is 3.15. The average molecular weight is 434 g/mol. The highest BCUT2D eigenvalue weighted by atomic mass is 79.9. The lowest BCUT2D eigenvalue weighted by molar-refractivity contribution is 0.159. The van der Waals surface area contributed by atoms with Crippen LogP contribution >= 0.6 is 31.9 Å². The third-order valence-corrected chi connectivity index (χ3v) is 6.76. The molecule has 1 aromatic carbocycles. The van der Waals surface area contributed by atoms with Gasteiger partial charge in [-0.25, -0.2) is 0 Å². The van der Waals surface area contributed by atoms with Crippen molar-refractivity contribution in [2.75, 3.05) is 33.3 Å². The Morgan fingerprint density at radius 2 is 2.00 bits per heavy atom. The molecule has 1 heterocycles. The van der Waals surface area contributed by atoms with Crippen LogP contribution in [0.15, 0.2) is 15.0 Å². The largest absolute Gasteiger partial charge is 0.503 e. The topological polar surface area (TPSA) is 44.7 Å². The van der Waals surface area contributed by atoms with Crippen molar-refractivity contribution < 1.29 is 9.84 Å². The second kappa shape index (κ2) is 7.07. The van der Waals surface area contributed by atoms with E-state index in [1.54, 1.807) is 7.11 Å². The third-order valence-electron chi connectivity index (χ3n) is 4.60. The number of halogens is 2. The summed E-state index contributed by atoms with van der Waals surface area (Å²) in [5.41, 5.74) is 1.20. The number of nitrogens with one attached hydrogen (secondary N) is 1. The van der Waals surface area contributed by atoms with E-state index < -0.39 is 0 Å². The van der Waals surface area contributed by atoms with Gasteiger partial charge in [-0.2, -0.15) is 0 Å². The molecule has 2 fully saturated rings. The van der Waals surface area contributed by atoms with E-state index in [9.17, 15) is 5.11 Å². The highest BCUT2D eigenvalue weighted by molar-refractivity contribution is 9.13. The van der Waals surface area contributed by atoms with Crippen LogP contribution in [0.4, 0.5) is 0 Å². The Balaban J connectivity index is 1.96. The van der Waals surface area contributed by atoms with E-state index in [4.69, 9.17) is 4.74 Å². The number of piperazine rings is 1. The van der Waals surface area contributed by atoms with Crippen LogP contribution in [0.1, 0.15) is 30.9 Å². The molecule has 1 atom stereocenters. The molecule has 0 aromatic heterocycles. The molecule has 3 rings (SSSR count). The highest BCUT2D eigenvalue weighted by Gasteiger charge is 2.32. The molecular weight excluding hydrogens is 412 g/mol. The van der Waals surface area contributed by atoms with E-state index in [1.807, 2.05) is 6.07 Å². The zero-order valence-corrected chi connectivity index (χ0v) is 15.9. The van der Waals surface area contributed by atoms with Crippen LogP contribution in [0.3, 0.4) is 0 Å². The van der Waals surface area contributed by atoms with E-state index in [2.05, 4.69) is 42.1 Å². The Morgan fingerprint density at radius 1 is 1.32 bits per heavy atom. The van der Waals surface area contributed by atoms with Crippen LogP contribution in [0, 0.1) is 5.92 Å².